The van der Waals surface area contributed by atoms with Crippen LogP contribution in [0.2, 0.25) is 0 Å². The van der Waals surface area contributed by atoms with E-state index in [9.17, 15) is 23.3 Å². The average molecular weight is 545 g/mol. The van der Waals surface area contributed by atoms with Crippen molar-refractivity contribution < 1.29 is 18.1 Å². The standard InChI is InChI=1S/C23H21BrN4O5S/c1-17-2-12-22(13-3-17)34(32,33)27(15-19-4-8-20(24)9-5-19)16-23(29)26-25-14-18-6-10-21(11-7-18)28(30)31/h2-14H,15-16H2,1H3,(H,26,29)/b25-14-. The van der Waals surface area contributed by atoms with Gasteiger partial charge in [0.05, 0.1) is 22.6 Å². The van der Waals surface area contributed by atoms with Crippen molar-refractivity contribution in [1.29, 1.82) is 0 Å². The molecule has 0 aromatic heterocycles. The number of non-ortho nitro benzene ring substituents is 1. The Morgan fingerprint density at radius 2 is 1.68 bits per heavy atom. The van der Waals surface area contributed by atoms with Gasteiger partial charge in [-0.2, -0.15) is 9.41 Å². The smallest absolute Gasteiger partial charge is 0.269 e. The second-order valence-corrected chi connectivity index (χ2v) is 10.2. The minimum absolute atomic E-state index is 0.0109. The number of nitrogens with zero attached hydrogens (tertiary/aromatic N) is 3. The van der Waals surface area contributed by atoms with Crippen LogP contribution < -0.4 is 5.43 Å². The molecule has 0 atom stereocenters. The number of amides is 1. The van der Waals surface area contributed by atoms with Crippen LogP contribution in [0.4, 0.5) is 5.69 Å². The molecule has 0 aliphatic rings. The van der Waals surface area contributed by atoms with E-state index in [2.05, 4.69) is 26.5 Å². The number of hydrogen-bond donors (Lipinski definition) is 1. The van der Waals surface area contributed by atoms with Gasteiger partial charge >= 0.3 is 0 Å². The van der Waals surface area contributed by atoms with E-state index in [1.807, 2.05) is 6.92 Å². The van der Waals surface area contributed by atoms with Crippen LogP contribution in [0, 0.1) is 17.0 Å². The predicted molar refractivity (Wildman–Crippen MR) is 132 cm³/mol. The number of rotatable bonds is 9. The molecule has 0 bridgehead atoms. The topological polar surface area (TPSA) is 122 Å². The van der Waals surface area contributed by atoms with Crippen LogP contribution >= 0.6 is 15.9 Å². The molecule has 1 amide bonds. The zero-order chi connectivity index (χ0) is 24.7. The predicted octanol–water partition coefficient (Wildman–Crippen LogP) is 4.01. The van der Waals surface area contributed by atoms with Crippen LogP contribution in [-0.4, -0.2) is 36.3 Å². The molecular weight excluding hydrogens is 524 g/mol. The third-order valence-corrected chi connectivity index (χ3v) is 7.09. The van der Waals surface area contributed by atoms with Gasteiger partial charge in [-0.1, -0.05) is 45.8 Å². The monoisotopic (exact) mass is 544 g/mol. The molecule has 0 saturated carbocycles. The maximum Gasteiger partial charge on any atom is 0.269 e. The van der Waals surface area contributed by atoms with Gasteiger partial charge in [-0.05, 0) is 54.4 Å². The first-order valence-electron chi connectivity index (χ1n) is 10.0. The lowest BCUT2D eigenvalue weighted by atomic mass is 10.2. The summed E-state index contributed by atoms with van der Waals surface area (Å²) >= 11 is 3.35. The van der Waals surface area contributed by atoms with Crippen molar-refractivity contribution in [2.45, 2.75) is 18.4 Å². The summed E-state index contributed by atoms with van der Waals surface area (Å²) in [7, 11) is -3.97. The lowest BCUT2D eigenvalue weighted by Crippen LogP contribution is -2.39. The molecule has 3 aromatic carbocycles. The van der Waals surface area contributed by atoms with Crippen LogP contribution in [-0.2, 0) is 21.4 Å². The molecule has 0 radical (unpaired) electrons. The fourth-order valence-electron chi connectivity index (χ4n) is 2.94. The maximum atomic E-state index is 13.3. The summed E-state index contributed by atoms with van der Waals surface area (Å²) in [5.41, 5.74) is 4.40. The Balaban J connectivity index is 1.75. The molecule has 0 unspecified atom stereocenters. The quantitative estimate of drug-likeness (QED) is 0.247. The van der Waals surface area contributed by atoms with Crippen LogP contribution in [0.25, 0.3) is 0 Å². The van der Waals surface area contributed by atoms with E-state index in [1.165, 1.54) is 42.6 Å². The largest absolute Gasteiger partial charge is 0.272 e. The van der Waals surface area contributed by atoms with E-state index in [0.717, 1.165) is 14.3 Å². The summed E-state index contributed by atoms with van der Waals surface area (Å²) in [5, 5.41) is 14.6. The molecule has 1 N–H and O–H groups in total. The van der Waals surface area contributed by atoms with E-state index in [0.29, 0.717) is 11.1 Å². The number of benzene rings is 3. The number of hydrazone groups is 1. The molecular formula is C23H21BrN4O5S. The molecule has 0 heterocycles. The Hall–Kier alpha value is -3.41. The number of carbonyl (C=O) groups is 1. The molecule has 0 saturated heterocycles. The molecule has 11 heteroatoms. The van der Waals surface area contributed by atoms with Crippen molar-refractivity contribution in [3.63, 3.8) is 0 Å². The van der Waals surface area contributed by atoms with E-state index in [4.69, 9.17) is 0 Å². The third kappa shape index (κ3) is 6.80. The van der Waals surface area contributed by atoms with Crippen molar-refractivity contribution in [2.24, 2.45) is 5.10 Å². The Morgan fingerprint density at radius 3 is 2.26 bits per heavy atom. The van der Waals surface area contributed by atoms with Gasteiger partial charge in [0.2, 0.25) is 10.0 Å². The summed E-state index contributed by atoms with van der Waals surface area (Å²) in [5.74, 6) is -0.633. The van der Waals surface area contributed by atoms with Crippen molar-refractivity contribution >= 4 is 43.8 Å². The SMILES string of the molecule is Cc1ccc(S(=O)(=O)N(CC(=O)N/N=C\c2ccc([N+](=O)[O-])cc2)Cc2ccc(Br)cc2)cc1. The van der Waals surface area contributed by atoms with E-state index in [1.54, 1.807) is 36.4 Å². The highest BCUT2D eigenvalue weighted by atomic mass is 79.9. The minimum atomic E-state index is -3.97. The van der Waals surface area contributed by atoms with Gasteiger partial charge in [-0.25, -0.2) is 13.8 Å². The number of nitrogens with one attached hydrogen (secondary N) is 1. The highest BCUT2D eigenvalue weighted by molar-refractivity contribution is 9.10. The first-order valence-corrected chi connectivity index (χ1v) is 12.3. The first-order chi connectivity index (χ1) is 16.1. The zero-order valence-electron chi connectivity index (χ0n) is 18.1. The number of aryl methyl sites for hydroxylation is 1. The Bertz CT molecular complexity index is 1290. The lowest BCUT2D eigenvalue weighted by Gasteiger charge is -2.21. The number of nitro benzene ring substituents is 1. The van der Waals surface area contributed by atoms with Crippen LogP contribution in [0.1, 0.15) is 16.7 Å². The van der Waals surface area contributed by atoms with Gasteiger partial charge < -0.3 is 0 Å². The molecule has 3 rings (SSSR count). The molecule has 34 heavy (non-hydrogen) atoms. The minimum Gasteiger partial charge on any atom is -0.272 e. The van der Waals surface area contributed by atoms with E-state index in [-0.39, 0.29) is 17.1 Å². The number of carbonyl (C=O) groups excluding carboxylic acids is 1. The second kappa shape index (κ2) is 11.1. The molecule has 0 aliphatic heterocycles. The second-order valence-electron chi connectivity index (χ2n) is 7.35. The summed E-state index contributed by atoms with van der Waals surface area (Å²) < 4.78 is 28.5. The fourth-order valence-corrected chi connectivity index (χ4v) is 4.58. The van der Waals surface area contributed by atoms with Gasteiger partial charge in [0.15, 0.2) is 0 Å². The normalized spacial score (nSPS) is 11.6. The summed E-state index contributed by atoms with van der Waals surface area (Å²) in [6, 6.07) is 19.1. The van der Waals surface area contributed by atoms with Crippen molar-refractivity contribution in [2.75, 3.05) is 6.54 Å². The highest BCUT2D eigenvalue weighted by Gasteiger charge is 2.27. The van der Waals surface area contributed by atoms with Gasteiger partial charge in [0.1, 0.15) is 0 Å². The van der Waals surface area contributed by atoms with E-state index >= 15 is 0 Å². The van der Waals surface area contributed by atoms with Crippen molar-refractivity contribution in [3.05, 3.63) is 104 Å². The Labute approximate surface area is 205 Å². The molecule has 3 aromatic rings. The molecule has 0 fully saturated rings. The van der Waals surface area contributed by atoms with Crippen LogP contribution in [0.3, 0.4) is 0 Å². The van der Waals surface area contributed by atoms with Gasteiger partial charge in [-0.15, -0.1) is 0 Å². The lowest BCUT2D eigenvalue weighted by molar-refractivity contribution is -0.384. The Morgan fingerprint density at radius 1 is 1.06 bits per heavy atom. The van der Waals surface area contributed by atoms with Gasteiger partial charge in [0.25, 0.3) is 11.6 Å². The maximum absolute atomic E-state index is 13.3. The van der Waals surface area contributed by atoms with E-state index < -0.39 is 27.4 Å². The fraction of sp³-hybridized carbons (Fsp3) is 0.130. The highest BCUT2D eigenvalue weighted by Crippen LogP contribution is 2.20. The molecule has 9 nitrogen and oxygen atoms in total. The van der Waals surface area contributed by atoms with Crippen molar-refractivity contribution in [1.82, 2.24) is 9.73 Å². The first kappa shape index (κ1) is 25.2. The molecule has 0 spiro atoms. The van der Waals surface area contributed by atoms with Crippen LogP contribution in [0.5, 0.6) is 0 Å². The van der Waals surface area contributed by atoms with Gasteiger partial charge in [-0.3, -0.25) is 14.9 Å². The number of nitro groups is 1. The molecule has 176 valence electrons. The zero-order valence-corrected chi connectivity index (χ0v) is 20.5. The molecule has 0 aliphatic carbocycles. The summed E-state index contributed by atoms with van der Waals surface area (Å²) in [4.78, 5) is 22.8. The summed E-state index contributed by atoms with van der Waals surface area (Å²) in [6.07, 6.45) is 1.31. The van der Waals surface area contributed by atoms with Crippen molar-refractivity contribution in [3.8, 4) is 0 Å². The number of hydrogen-bond acceptors (Lipinski definition) is 6. The summed E-state index contributed by atoms with van der Waals surface area (Å²) in [6.45, 7) is 1.39. The third-order valence-electron chi connectivity index (χ3n) is 4.76. The van der Waals surface area contributed by atoms with Crippen LogP contribution in [0.15, 0.2) is 87.3 Å². The van der Waals surface area contributed by atoms with Gasteiger partial charge in [0, 0.05) is 23.2 Å². The number of sulfonamides is 1. The Kier molecular flexibility index (Phi) is 8.26. The average Bonchev–Trinajstić information content (AvgIpc) is 2.80. The number of halogens is 1.